The van der Waals surface area contributed by atoms with Gasteiger partial charge in [-0.05, 0) is 12.8 Å². The normalized spacial score (nSPS) is 11.5. The van der Waals surface area contributed by atoms with Gasteiger partial charge < -0.3 is 4.74 Å². The van der Waals surface area contributed by atoms with Gasteiger partial charge in [0, 0.05) is 6.61 Å². The fourth-order valence-electron chi connectivity index (χ4n) is 5.50. The van der Waals surface area contributed by atoms with Crippen molar-refractivity contribution in [1.82, 2.24) is 0 Å². The van der Waals surface area contributed by atoms with Crippen molar-refractivity contribution in [1.29, 1.82) is 0 Å². The van der Waals surface area contributed by atoms with Crippen LogP contribution in [0.5, 0.6) is 0 Å². The van der Waals surface area contributed by atoms with E-state index in [0.29, 0.717) is 0 Å². The van der Waals surface area contributed by atoms with Gasteiger partial charge in [0.1, 0.15) is 0 Å². The summed E-state index contributed by atoms with van der Waals surface area (Å²) in [6.07, 6.45) is 45.6. The quantitative estimate of drug-likeness (QED) is 0.0765. The van der Waals surface area contributed by atoms with Crippen LogP contribution in [0.1, 0.15) is 219 Å². The fraction of sp³-hybridized carbons (Fsp3) is 0.972. The zero-order valence-corrected chi connectivity index (χ0v) is 26.3. The highest BCUT2D eigenvalue weighted by atomic mass is 16.5. The Morgan fingerprint density at radius 2 is 0.541 bits per heavy atom. The van der Waals surface area contributed by atoms with Crippen molar-refractivity contribution in [2.24, 2.45) is 0 Å². The van der Waals surface area contributed by atoms with Gasteiger partial charge in [0.2, 0.25) is 0 Å². The number of hydrogen-bond donors (Lipinski definition) is 0. The molecule has 223 valence electrons. The molecule has 1 nitrogen and oxygen atoms in total. The zero-order valence-electron chi connectivity index (χ0n) is 26.3. The first-order valence-corrected chi connectivity index (χ1v) is 17.8. The summed E-state index contributed by atoms with van der Waals surface area (Å²) in [5, 5.41) is 0. The first-order chi connectivity index (χ1) is 18.4. The number of hydrogen-bond acceptors (Lipinski definition) is 1. The highest BCUT2D eigenvalue weighted by Gasteiger charge is 1.97. The fourth-order valence-corrected chi connectivity index (χ4v) is 5.50. The molecule has 37 heavy (non-hydrogen) atoms. The summed E-state index contributed by atoms with van der Waals surface area (Å²) in [4.78, 5) is 0. The van der Waals surface area contributed by atoms with Crippen molar-refractivity contribution in [3.05, 3.63) is 6.61 Å². The topological polar surface area (TPSA) is 9.23 Å². The van der Waals surface area contributed by atoms with Gasteiger partial charge in [-0.15, -0.1) is 0 Å². The van der Waals surface area contributed by atoms with Crippen molar-refractivity contribution in [3.63, 3.8) is 0 Å². The van der Waals surface area contributed by atoms with Crippen LogP contribution in [0.15, 0.2) is 0 Å². The summed E-state index contributed by atoms with van der Waals surface area (Å²) in [5.74, 6) is 0. The van der Waals surface area contributed by atoms with Crippen molar-refractivity contribution in [2.75, 3.05) is 6.61 Å². The second-order valence-electron chi connectivity index (χ2n) is 12.1. The first kappa shape index (κ1) is 37.0. The van der Waals surface area contributed by atoms with Gasteiger partial charge in [-0.25, -0.2) is 0 Å². The summed E-state index contributed by atoms with van der Waals surface area (Å²) < 4.78 is 5.74. The maximum absolute atomic E-state index is 5.74. The molecule has 0 aliphatic rings. The predicted molar refractivity (Wildman–Crippen MR) is 169 cm³/mol. The lowest BCUT2D eigenvalue weighted by molar-refractivity contribution is 0.183. The third-order valence-electron chi connectivity index (χ3n) is 8.16. The first-order valence-electron chi connectivity index (χ1n) is 17.8. The molecular weight excluding hydrogens is 448 g/mol. The van der Waals surface area contributed by atoms with Gasteiger partial charge >= 0.3 is 0 Å². The molecule has 0 aromatic heterocycles. The van der Waals surface area contributed by atoms with E-state index in [-0.39, 0.29) is 0 Å². The number of unbranched alkanes of at least 4 members (excludes halogenated alkanes) is 30. The molecule has 0 rings (SSSR count). The van der Waals surface area contributed by atoms with Crippen LogP contribution < -0.4 is 0 Å². The molecule has 0 saturated carbocycles. The third-order valence-corrected chi connectivity index (χ3v) is 8.16. The molecule has 1 radical (unpaired) electrons. The minimum Gasteiger partial charge on any atom is -0.376 e. The Labute approximate surface area is 237 Å². The van der Waals surface area contributed by atoms with E-state index in [4.69, 9.17) is 4.74 Å². The zero-order chi connectivity index (χ0) is 26.7. The average molecular weight is 522 g/mol. The van der Waals surface area contributed by atoms with E-state index in [0.717, 1.165) is 13.0 Å². The minimum absolute atomic E-state index is 0.941. The Balaban J connectivity index is 3.00. The lowest BCUT2D eigenvalue weighted by Crippen LogP contribution is -1.92. The van der Waals surface area contributed by atoms with Gasteiger partial charge in [-0.1, -0.05) is 206 Å². The summed E-state index contributed by atoms with van der Waals surface area (Å²) in [6.45, 7) is 7.63. The van der Waals surface area contributed by atoms with Gasteiger partial charge in [-0.2, -0.15) is 0 Å². The van der Waals surface area contributed by atoms with Crippen LogP contribution in [0.3, 0.4) is 0 Å². The van der Waals surface area contributed by atoms with Gasteiger partial charge in [0.15, 0.2) is 0 Å². The Kier molecular flexibility index (Phi) is 35.9. The maximum Gasteiger partial charge on any atom is 0.0836 e. The van der Waals surface area contributed by atoms with E-state index in [1.165, 1.54) is 199 Å². The molecule has 0 aliphatic carbocycles. The maximum atomic E-state index is 5.74. The molecule has 0 atom stereocenters. The average Bonchev–Trinajstić information content (AvgIpc) is 2.91. The van der Waals surface area contributed by atoms with Crippen LogP contribution in [-0.2, 0) is 4.74 Å². The van der Waals surface area contributed by atoms with Crippen LogP contribution in [0.25, 0.3) is 0 Å². The van der Waals surface area contributed by atoms with E-state index >= 15 is 0 Å². The van der Waals surface area contributed by atoms with E-state index < -0.39 is 0 Å². The van der Waals surface area contributed by atoms with Crippen molar-refractivity contribution in [2.45, 2.75) is 219 Å². The smallest absolute Gasteiger partial charge is 0.0836 e. The molecule has 0 saturated heterocycles. The summed E-state index contributed by atoms with van der Waals surface area (Å²) in [5.41, 5.74) is 0. The molecule has 0 amide bonds. The number of ether oxygens (including phenoxy) is 1. The van der Waals surface area contributed by atoms with E-state index in [1.807, 2.05) is 0 Å². The second kappa shape index (κ2) is 36.0. The van der Waals surface area contributed by atoms with Gasteiger partial charge in [0.25, 0.3) is 0 Å². The van der Waals surface area contributed by atoms with Crippen LogP contribution in [0.2, 0.25) is 0 Å². The van der Waals surface area contributed by atoms with Crippen molar-refractivity contribution >= 4 is 0 Å². The van der Waals surface area contributed by atoms with Gasteiger partial charge in [0.05, 0.1) is 6.61 Å². The molecule has 0 aromatic rings. The molecule has 0 aliphatic heterocycles. The summed E-state index contributed by atoms with van der Waals surface area (Å²) in [7, 11) is 0. The largest absolute Gasteiger partial charge is 0.376 e. The third kappa shape index (κ3) is 36.0. The molecule has 0 unspecified atom stereocenters. The second-order valence-corrected chi connectivity index (χ2v) is 12.1. The van der Waals surface area contributed by atoms with Crippen LogP contribution >= 0.6 is 0 Å². The minimum atomic E-state index is 0.941. The summed E-state index contributed by atoms with van der Waals surface area (Å²) >= 11 is 0. The molecule has 1 heteroatoms. The lowest BCUT2D eigenvalue weighted by Gasteiger charge is -2.05. The molecule has 0 spiro atoms. The molecule has 0 aromatic carbocycles. The summed E-state index contributed by atoms with van der Waals surface area (Å²) in [6, 6.07) is 0. The monoisotopic (exact) mass is 522 g/mol. The number of rotatable bonds is 34. The predicted octanol–water partition coefficient (Wildman–Crippen LogP) is 13.7. The Morgan fingerprint density at radius 1 is 0.297 bits per heavy atom. The van der Waals surface area contributed by atoms with E-state index in [1.54, 1.807) is 0 Å². The van der Waals surface area contributed by atoms with Crippen LogP contribution in [0.4, 0.5) is 0 Å². The van der Waals surface area contributed by atoms with E-state index in [9.17, 15) is 0 Å². The highest BCUT2D eigenvalue weighted by Crippen LogP contribution is 2.15. The van der Waals surface area contributed by atoms with Crippen molar-refractivity contribution in [3.8, 4) is 0 Å². The molecule has 0 heterocycles. The van der Waals surface area contributed by atoms with Crippen LogP contribution in [-0.4, -0.2) is 6.61 Å². The Bertz CT molecular complexity index is 332. The van der Waals surface area contributed by atoms with Gasteiger partial charge in [-0.3, -0.25) is 0 Å². The van der Waals surface area contributed by atoms with Crippen LogP contribution in [0, 0.1) is 6.61 Å². The molecule has 0 bridgehead atoms. The van der Waals surface area contributed by atoms with Crippen molar-refractivity contribution < 1.29 is 4.74 Å². The van der Waals surface area contributed by atoms with E-state index in [2.05, 4.69) is 20.5 Å². The molecular formula is C36H73O. The SMILES string of the molecule is CCCCCCCCCCCCCCCCCCCCC[CH]OCCCCCCCCCCCCCC. The standard InChI is InChI=1S/C36H73O/c1-3-5-7-9-11-13-15-17-18-19-20-21-22-23-24-26-28-30-32-34-36-37-35-33-31-29-27-25-16-14-12-10-8-6-4-2/h36H,3-35H2,1-2H3. The molecule has 0 fully saturated rings. The lowest BCUT2D eigenvalue weighted by atomic mass is 10.0. The molecule has 0 N–H and O–H groups in total. The Hall–Kier alpha value is -0.0400. The Morgan fingerprint density at radius 3 is 0.838 bits per heavy atom. The highest BCUT2D eigenvalue weighted by molar-refractivity contribution is 4.55.